The van der Waals surface area contributed by atoms with E-state index < -0.39 is 9.84 Å². The standard InChI is InChI=1S/C12H9IO2S/c13-10-5-4-8-12(9-10)16(14,15)11-6-2-1-3-7-11/h1-9H. The van der Waals surface area contributed by atoms with Gasteiger partial charge in [0.25, 0.3) is 0 Å². The summed E-state index contributed by atoms with van der Waals surface area (Å²) < 4.78 is 25.3. The molecule has 0 heterocycles. The molecule has 16 heavy (non-hydrogen) atoms. The number of sulfone groups is 1. The zero-order valence-electron chi connectivity index (χ0n) is 8.30. The number of hydrogen-bond acceptors (Lipinski definition) is 2. The smallest absolute Gasteiger partial charge is 0.206 e. The molecule has 0 N–H and O–H groups in total. The molecule has 0 aliphatic carbocycles. The van der Waals surface area contributed by atoms with Crippen molar-refractivity contribution in [3.05, 3.63) is 58.2 Å². The van der Waals surface area contributed by atoms with Crippen molar-refractivity contribution in [3.8, 4) is 0 Å². The van der Waals surface area contributed by atoms with Crippen molar-refractivity contribution in [2.45, 2.75) is 9.79 Å². The maximum Gasteiger partial charge on any atom is 0.206 e. The van der Waals surface area contributed by atoms with Gasteiger partial charge in [0, 0.05) is 3.57 Å². The molecule has 0 atom stereocenters. The molecule has 0 amide bonds. The van der Waals surface area contributed by atoms with E-state index in [-0.39, 0.29) is 0 Å². The van der Waals surface area contributed by atoms with Gasteiger partial charge in [0.15, 0.2) is 0 Å². The van der Waals surface area contributed by atoms with Gasteiger partial charge in [-0.1, -0.05) is 24.3 Å². The molecule has 2 rings (SSSR count). The van der Waals surface area contributed by atoms with Gasteiger partial charge in [-0.2, -0.15) is 0 Å². The van der Waals surface area contributed by atoms with E-state index in [0.717, 1.165) is 3.57 Å². The number of rotatable bonds is 2. The van der Waals surface area contributed by atoms with E-state index in [0.29, 0.717) is 9.79 Å². The third-order valence-electron chi connectivity index (χ3n) is 2.16. The Labute approximate surface area is 108 Å². The van der Waals surface area contributed by atoms with Gasteiger partial charge in [-0.25, -0.2) is 8.42 Å². The van der Waals surface area contributed by atoms with Crippen LogP contribution in [0.2, 0.25) is 0 Å². The minimum absolute atomic E-state index is 0.331. The van der Waals surface area contributed by atoms with Gasteiger partial charge in [0.2, 0.25) is 9.84 Å². The largest absolute Gasteiger partial charge is 0.219 e. The van der Waals surface area contributed by atoms with Crippen LogP contribution in [0.5, 0.6) is 0 Å². The van der Waals surface area contributed by atoms with Crippen LogP contribution in [-0.2, 0) is 9.84 Å². The van der Waals surface area contributed by atoms with Crippen LogP contribution in [0.15, 0.2) is 64.4 Å². The highest BCUT2D eigenvalue weighted by atomic mass is 127. The normalized spacial score (nSPS) is 11.3. The van der Waals surface area contributed by atoms with Gasteiger partial charge >= 0.3 is 0 Å². The third-order valence-corrected chi connectivity index (χ3v) is 4.60. The van der Waals surface area contributed by atoms with E-state index in [1.165, 1.54) is 0 Å². The topological polar surface area (TPSA) is 34.1 Å². The molecule has 2 aromatic carbocycles. The number of halogens is 1. The van der Waals surface area contributed by atoms with Crippen molar-refractivity contribution in [2.24, 2.45) is 0 Å². The van der Waals surface area contributed by atoms with Crippen LogP contribution in [0, 0.1) is 3.57 Å². The number of benzene rings is 2. The molecule has 0 saturated carbocycles. The lowest BCUT2D eigenvalue weighted by molar-refractivity contribution is 0.596. The molecule has 0 fully saturated rings. The molecule has 0 spiro atoms. The minimum Gasteiger partial charge on any atom is -0.219 e. The Kier molecular flexibility index (Phi) is 3.30. The summed E-state index contributed by atoms with van der Waals surface area (Å²) in [5, 5.41) is 0. The predicted octanol–water partition coefficient (Wildman–Crippen LogP) is 3.12. The lowest BCUT2D eigenvalue weighted by Crippen LogP contribution is -2.01. The first-order valence-electron chi connectivity index (χ1n) is 4.66. The van der Waals surface area contributed by atoms with Crippen molar-refractivity contribution in [1.82, 2.24) is 0 Å². The second kappa shape index (κ2) is 4.55. The SMILES string of the molecule is O=S(=O)(c1ccccc1)c1cccc(I)c1. The lowest BCUT2D eigenvalue weighted by atomic mass is 10.4. The van der Waals surface area contributed by atoms with E-state index in [9.17, 15) is 8.42 Å². The van der Waals surface area contributed by atoms with Crippen LogP contribution in [0.25, 0.3) is 0 Å². The second-order valence-corrected chi connectivity index (χ2v) is 6.47. The summed E-state index contributed by atoms with van der Waals surface area (Å²) in [6.45, 7) is 0. The van der Waals surface area contributed by atoms with Crippen molar-refractivity contribution < 1.29 is 8.42 Å². The molecule has 0 bridgehead atoms. The molecule has 2 nitrogen and oxygen atoms in total. The number of hydrogen-bond donors (Lipinski definition) is 0. The van der Waals surface area contributed by atoms with Crippen LogP contribution in [-0.4, -0.2) is 8.42 Å². The van der Waals surface area contributed by atoms with E-state index in [1.54, 1.807) is 48.5 Å². The maximum atomic E-state index is 12.2. The molecule has 0 radical (unpaired) electrons. The third kappa shape index (κ3) is 2.27. The highest BCUT2D eigenvalue weighted by Gasteiger charge is 2.16. The zero-order valence-corrected chi connectivity index (χ0v) is 11.3. The van der Waals surface area contributed by atoms with E-state index in [1.807, 2.05) is 6.07 Å². The summed E-state index contributed by atoms with van der Waals surface area (Å²) in [4.78, 5) is 0.669. The Bertz CT molecular complexity index is 591. The van der Waals surface area contributed by atoms with E-state index in [4.69, 9.17) is 0 Å². The molecule has 0 unspecified atom stereocenters. The average molecular weight is 344 g/mol. The van der Waals surface area contributed by atoms with Crippen LogP contribution in [0.3, 0.4) is 0 Å². The zero-order chi connectivity index (χ0) is 11.6. The van der Waals surface area contributed by atoms with Gasteiger partial charge in [-0.3, -0.25) is 0 Å². The summed E-state index contributed by atoms with van der Waals surface area (Å²) >= 11 is 2.10. The highest BCUT2D eigenvalue weighted by Crippen LogP contribution is 2.21. The molecule has 4 heteroatoms. The summed E-state index contributed by atoms with van der Waals surface area (Å²) in [6.07, 6.45) is 0. The molecular weight excluding hydrogens is 335 g/mol. The van der Waals surface area contributed by atoms with Crippen molar-refractivity contribution in [2.75, 3.05) is 0 Å². The first-order valence-corrected chi connectivity index (χ1v) is 7.22. The molecule has 0 saturated heterocycles. The Morgan fingerprint density at radius 1 is 0.812 bits per heavy atom. The second-order valence-electron chi connectivity index (χ2n) is 3.27. The van der Waals surface area contributed by atoms with Crippen LogP contribution >= 0.6 is 22.6 Å². The van der Waals surface area contributed by atoms with Crippen LogP contribution in [0.1, 0.15) is 0 Å². The molecule has 2 aromatic rings. The van der Waals surface area contributed by atoms with Gasteiger partial charge in [-0.05, 0) is 52.9 Å². The van der Waals surface area contributed by atoms with Gasteiger partial charge in [0.1, 0.15) is 0 Å². The van der Waals surface area contributed by atoms with Crippen LogP contribution in [0.4, 0.5) is 0 Å². The Hall–Kier alpha value is -0.880. The lowest BCUT2D eigenvalue weighted by Gasteiger charge is -2.04. The molecular formula is C12H9IO2S. The highest BCUT2D eigenvalue weighted by molar-refractivity contribution is 14.1. The fourth-order valence-electron chi connectivity index (χ4n) is 1.37. The van der Waals surface area contributed by atoms with Gasteiger partial charge in [0.05, 0.1) is 9.79 Å². The predicted molar refractivity (Wildman–Crippen MR) is 71.1 cm³/mol. The molecule has 0 aliphatic rings. The summed E-state index contributed by atoms with van der Waals surface area (Å²) in [6, 6.07) is 15.4. The van der Waals surface area contributed by atoms with Gasteiger partial charge < -0.3 is 0 Å². The fraction of sp³-hybridized carbons (Fsp3) is 0. The first-order chi connectivity index (χ1) is 7.60. The maximum absolute atomic E-state index is 12.2. The monoisotopic (exact) mass is 344 g/mol. The Balaban J connectivity index is 2.56. The fourth-order valence-corrected chi connectivity index (χ4v) is 3.45. The minimum atomic E-state index is -3.37. The molecule has 0 aromatic heterocycles. The first kappa shape index (κ1) is 11.6. The van der Waals surface area contributed by atoms with Crippen molar-refractivity contribution in [1.29, 1.82) is 0 Å². The summed E-state index contributed by atoms with van der Waals surface area (Å²) in [5.74, 6) is 0. The van der Waals surface area contributed by atoms with E-state index in [2.05, 4.69) is 22.6 Å². The van der Waals surface area contributed by atoms with Crippen molar-refractivity contribution >= 4 is 32.4 Å². The van der Waals surface area contributed by atoms with Gasteiger partial charge in [-0.15, -0.1) is 0 Å². The Morgan fingerprint density at radius 2 is 1.44 bits per heavy atom. The molecule has 0 aliphatic heterocycles. The van der Waals surface area contributed by atoms with Crippen LogP contribution < -0.4 is 0 Å². The quantitative estimate of drug-likeness (QED) is 0.785. The van der Waals surface area contributed by atoms with Crippen molar-refractivity contribution in [3.63, 3.8) is 0 Å². The molecule has 82 valence electrons. The Morgan fingerprint density at radius 3 is 2.06 bits per heavy atom. The summed E-state index contributed by atoms with van der Waals surface area (Å²) in [5.41, 5.74) is 0. The summed E-state index contributed by atoms with van der Waals surface area (Å²) in [7, 11) is -3.37. The average Bonchev–Trinajstić information content (AvgIpc) is 2.30. The van der Waals surface area contributed by atoms with E-state index >= 15 is 0 Å².